The molecule has 0 fully saturated rings. The van der Waals surface area contributed by atoms with E-state index in [1.165, 1.54) is 28.4 Å². The van der Waals surface area contributed by atoms with Crippen LogP contribution in [-0.4, -0.2) is 68.5 Å². The van der Waals surface area contributed by atoms with E-state index < -0.39 is 58.0 Å². The molecule has 0 heterocycles. The van der Waals surface area contributed by atoms with Gasteiger partial charge in [0.2, 0.25) is 0 Å². The number of hydrogen-bond acceptors (Lipinski definition) is 8. The first-order valence-electron chi connectivity index (χ1n) is 13.3. The minimum atomic E-state index is -2.86. The molecule has 0 N–H and O–H groups in total. The Labute approximate surface area is 248 Å². The average Bonchev–Trinajstić information content (AvgIpc) is 2.89. The smallest absolute Gasteiger partial charge is 0.339 e. The van der Waals surface area contributed by atoms with Gasteiger partial charge in [-0.2, -0.15) is 0 Å². The van der Waals surface area contributed by atoms with Crippen molar-refractivity contribution in [2.24, 2.45) is 0 Å². The van der Waals surface area contributed by atoms with Crippen molar-refractivity contribution in [1.29, 1.82) is 0 Å². The highest BCUT2D eigenvalue weighted by molar-refractivity contribution is 7.76. The molecule has 0 aliphatic carbocycles. The van der Waals surface area contributed by atoms with Gasteiger partial charge in [-0.1, -0.05) is 98.1 Å². The summed E-state index contributed by atoms with van der Waals surface area (Å²) in [4.78, 5) is 55.4. The summed E-state index contributed by atoms with van der Waals surface area (Å²) in [6.45, 7) is 20.0. The second-order valence-corrected chi connectivity index (χ2v) is 25.4. The topological polar surface area (TPSA) is 105 Å². The molecule has 0 aliphatic heterocycles. The van der Waals surface area contributed by atoms with Gasteiger partial charge in [0, 0.05) is 18.3 Å². The van der Waals surface area contributed by atoms with Crippen molar-refractivity contribution in [1.82, 2.24) is 0 Å². The van der Waals surface area contributed by atoms with Gasteiger partial charge >= 0.3 is 23.9 Å². The van der Waals surface area contributed by atoms with Crippen LogP contribution in [-0.2, 0) is 38.1 Å². The van der Waals surface area contributed by atoms with Crippen LogP contribution in [0.1, 0.15) is 41.5 Å². The number of benzene rings is 1. The SMILES string of the molecule is COC(=O)/C(=C(\C(=O)OC)[Si](C)(C)C(C)(C)C)P(/C(C(=O)OC)=C(/C(=O)OC)[Si](C)(C)C(C)(C)C)c1ccccc1. The molecule has 0 amide bonds. The van der Waals surface area contributed by atoms with Gasteiger partial charge in [-0.25, -0.2) is 19.2 Å². The van der Waals surface area contributed by atoms with Crippen LogP contribution in [0, 0.1) is 0 Å². The Hall–Kier alpha value is -2.56. The number of esters is 4. The van der Waals surface area contributed by atoms with Crippen LogP contribution in [0.25, 0.3) is 0 Å². The molecular weight excluding hydrogens is 575 g/mol. The summed E-state index contributed by atoms with van der Waals surface area (Å²) in [6.07, 6.45) is 0. The quantitative estimate of drug-likeness (QED) is 0.107. The van der Waals surface area contributed by atoms with Crippen molar-refractivity contribution in [3.05, 3.63) is 51.4 Å². The zero-order chi connectivity index (χ0) is 32.1. The van der Waals surface area contributed by atoms with E-state index in [0.717, 1.165) is 0 Å². The van der Waals surface area contributed by atoms with Crippen LogP contribution in [0.2, 0.25) is 36.3 Å². The van der Waals surface area contributed by atoms with E-state index in [-0.39, 0.29) is 21.0 Å². The van der Waals surface area contributed by atoms with Crippen molar-refractivity contribution in [3.63, 3.8) is 0 Å². The van der Waals surface area contributed by atoms with Gasteiger partial charge in [-0.3, -0.25) is 0 Å². The van der Waals surface area contributed by atoms with Crippen LogP contribution >= 0.6 is 7.92 Å². The number of rotatable bonds is 9. The highest BCUT2D eigenvalue weighted by Crippen LogP contribution is 2.59. The van der Waals surface area contributed by atoms with E-state index in [4.69, 9.17) is 18.9 Å². The Balaban J connectivity index is 4.86. The summed E-state index contributed by atoms with van der Waals surface area (Å²) < 4.78 is 21.3. The minimum absolute atomic E-state index is 0.0210. The van der Waals surface area contributed by atoms with E-state index in [1.807, 2.05) is 73.8 Å². The predicted octanol–water partition coefficient (Wildman–Crippen LogP) is 6.09. The van der Waals surface area contributed by atoms with E-state index in [9.17, 15) is 19.2 Å². The summed E-state index contributed by atoms with van der Waals surface area (Å²) in [7, 11) is -2.89. The molecule has 0 aromatic heterocycles. The fraction of sp³-hybridized carbons (Fsp3) is 0.533. The van der Waals surface area contributed by atoms with Gasteiger partial charge in [0.05, 0.1) is 55.2 Å². The molecule has 0 unspecified atom stereocenters. The molecule has 0 saturated carbocycles. The lowest BCUT2D eigenvalue weighted by Crippen LogP contribution is -2.46. The maximum atomic E-state index is 14.0. The summed E-state index contributed by atoms with van der Waals surface area (Å²) in [5.74, 6) is -2.88. The molecule has 0 saturated heterocycles. The second kappa shape index (κ2) is 13.6. The fourth-order valence-corrected chi connectivity index (χ4v) is 12.8. The predicted molar refractivity (Wildman–Crippen MR) is 170 cm³/mol. The second-order valence-electron chi connectivity index (χ2n) is 12.8. The Morgan fingerprint density at radius 2 is 0.854 bits per heavy atom. The minimum Gasteiger partial charge on any atom is -0.466 e. The lowest BCUT2D eigenvalue weighted by molar-refractivity contribution is -0.138. The van der Waals surface area contributed by atoms with Gasteiger partial charge in [-0.15, -0.1) is 0 Å². The highest BCUT2D eigenvalue weighted by Gasteiger charge is 2.51. The molecule has 0 bridgehead atoms. The van der Waals surface area contributed by atoms with Crippen molar-refractivity contribution in [3.8, 4) is 0 Å². The number of hydrogen-bond donors (Lipinski definition) is 0. The molecule has 0 aliphatic rings. The third-order valence-corrected chi connectivity index (χ3v) is 22.3. The average molecular weight is 623 g/mol. The molecule has 1 aromatic rings. The molecule has 0 spiro atoms. The van der Waals surface area contributed by atoms with Crippen molar-refractivity contribution in [2.45, 2.75) is 77.8 Å². The molecule has 1 rings (SSSR count). The first-order valence-corrected chi connectivity index (χ1v) is 20.7. The van der Waals surface area contributed by atoms with Gasteiger partial charge in [0.1, 0.15) is 0 Å². The molecule has 228 valence electrons. The molecule has 1 aromatic carbocycles. The fourth-order valence-electron chi connectivity index (χ4n) is 4.00. The largest absolute Gasteiger partial charge is 0.466 e. The third kappa shape index (κ3) is 7.45. The molecule has 8 nitrogen and oxygen atoms in total. The zero-order valence-corrected chi connectivity index (χ0v) is 30.0. The van der Waals surface area contributed by atoms with Crippen molar-refractivity contribution in [2.75, 3.05) is 28.4 Å². The molecular formula is C30H47O8PSi2. The van der Waals surface area contributed by atoms with E-state index in [0.29, 0.717) is 5.30 Å². The van der Waals surface area contributed by atoms with Gasteiger partial charge in [-0.05, 0) is 15.4 Å². The summed E-state index contributed by atoms with van der Waals surface area (Å²) in [5, 5.41) is 0.203. The van der Waals surface area contributed by atoms with Crippen LogP contribution in [0.3, 0.4) is 0 Å². The van der Waals surface area contributed by atoms with Crippen LogP contribution in [0.15, 0.2) is 51.4 Å². The lowest BCUT2D eigenvalue weighted by atomic mass is 10.2. The zero-order valence-electron chi connectivity index (χ0n) is 27.1. The Morgan fingerprint density at radius 3 is 1.10 bits per heavy atom. The Kier molecular flexibility index (Phi) is 12.1. The monoisotopic (exact) mass is 622 g/mol. The van der Waals surface area contributed by atoms with E-state index >= 15 is 0 Å². The maximum absolute atomic E-state index is 14.0. The van der Waals surface area contributed by atoms with Crippen LogP contribution < -0.4 is 5.30 Å². The van der Waals surface area contributed by atoms with Crippen LogP contribution in [0.5, 0.6) is 0 Å². The normalized spacial score (nSPS) is 14.7. The third-order valence-electron chi connectivity index (χ3n) is 8.47. The molecule has 41 heavy (non-hydrogen) atoms. The van der Waals surface area contributed by atoms with Crippen molar-refractivity contribution >= 4 is 53.3 Å². The standard InChI is InChI=1S/C30H47O8PSi2/c1-29(2,3)40(11,12)23(27(33)37-9)21(25(31)35-7)39(20-18-16-15-17-19-20)22(26(32)36-8)24(28(34)38-10)41(13,14)30(4,5)6/h15-19H,1-14H3/b23-21-,24-22-. The first kappa shape index (κ1) is 36.5. The van der Waals surface area contributed by atoms with Gasteiger partial charge in [0.15, 0.2) is 0 Å². The molecule has 0 radical (unpaired) electrons. The van der Waals surface area contributed by atoms with E-state index in [2.05, 4.69) is 0 Å². The lowest BCUT2D eigenvalue weighted by Gasteiger charge is -2.41. The molecule has 11 heteroatoms. The van der Waals surface area contributed by atoms with Crippen LogP contribution in [0.4, 0.5) is 0 Å². The summed E-state index contributed by atoms with van der Waals surface area (Å²) in [6, 6.07) is 8.92. The maximum Gasteiger partial charge on any atom is 0.339 e. The highest BCUT2D eigenvalue weighted by atomic mass is 31.1. The number of carbonyl (C=O) groups is 4. The molecule has 0 atom stereocenters. The summed E-state index contributed by atoms with van der Waals surface area (Å²) in [5.41, 5.74) is 0. The Bertz CT molecular complexity index is 1140. The van der Waals surface area contributed by atoms with Crippen molar-refractivity contribution < 1.29 is 38.1 Å². The first-order chi connectivity index (χ1) is 18.7. The number of methoxy groups -OCH3 is 4. The van der Waals surface area contributed by atoms with Gasteiger partial charge < -0.3 is 18.9 Å². The summed E-state index contributed by atoms with van der Waals surface area (Å²) >= 11 is 0. The number of carbonyl (C=O) groups excluding carboxylic acids is 4. The number of ether oxygens (including phenoxy) is 4. The van der Waals surface area contributed by atoms with Gasteiger partial charge in [0.25, 0.3) is 0 Å². The Morgan fingerprint density at radius 1 is 0.561 bits per heavy atom. The van der Waals surface area contributed by atoms with E-state index in [1.54, 1.807) is 24.3 Å².